The van der Waals surface area contributed by atoms with Crippen LogP contribution in [0.25, 0.3) is 5.65 Å². The average Bonchev–Trinajstić information content (AvgIpc) is 2.98. The van der Waals surface area contributed by atoms with Crippen LogP contribution in [0.5, 0.6) is 0 Å². The smallest absolute Gasteiger partial charge is 0.347 e. The number of hydrogen-bond donors (Lipinski definition) is 1. The van der Waals surface area contributed by atoms with Gasteiger partial charge >= 0.3 is 6.18 Å². The van der Waals surface area contributed by atoms with E-state index in [1.54, 1.807) is 0 Å². The summed E-state index contributed by atoms with van der Waals surface area (Å²) < 4.78 is 40.2. The third-order valence-corrected chi connectivity index (χ3v) is 4.14. The first-order valence-electron chi connectivity index (χ1n) is 8.21. The Morgan fingerprint density at radius 3 is 2.46 bits per heavy atom. The molecule has 0 aliphatic carbocycles. The van der Waals surface area contributed by atoms with E-state index < -0.39 is 17.6 Å². The molecule has 26 heavy (non-hydrogen) atoms. The van der Waals surface area contributed by atoms with E-state index in [-0.39, 0.29) is 12.2 Å². The summed E-state index contributed by atoms with van der Waals surface area (Å²) in [6.45, 7) is 4.06. The van der Waals surface area contributed by atoms with Crippen molar-refractivity contribution in [2.75, 3.05) is 0 Å². The van der Waals surface area contributed by atoms with Crippen LogP contribution in [-0.2, 0) is 19.1 Å². The van der Waals surface area contributed by atoms with Gasteiger partial charge < -0.3 is 5.32 Å². The molecule has 0 aliphatic heterocycles. The number of alkyl halides is 3. The standard InChI is InChI=1S/C19H18F3N3O/c1-3-15-17(18(26)23-10-13-6-4-12(2)5-7-13)25-11-14(19(20,21)22)8-9-16(25)24-15/h4-9,11H,3,10H2,1-2H3,(H,23,26). The number of nitrogens with zero attached hydrogens (tertiary/aromatic N) is 2. The van der Waals surface area contributed by atoms with Gasteiger partial charge in [0.2, 0.25) is 0 Å². The summed E-state index contributed by atoms with van der Waals surface area (Å²) in [5, 5.41) is 2.76. The molecule has 0 saturated heterocycles. The van der Waals surface area contributed by atoms with Crippen LogP contribution >= 0.6 is 0 Å². The van der Waals surface area contributed by atoms with Crippen LogP contribution < -0.4 is 5.32 Å². The van der Waals surface area contributed by atoms with Gasteiger partial charge in [-0.25, -0.2) is 4.98 Å². The predicted molar refractivity (Wildman–Crippen MR) is 91.9 cm³/mol. The van der Waals surface area contributed by atoms with E-state index in [0.29, 0.717) is 17.8 Å². The lowest BCUT2D eigenvalue weighted by molar-refractivity contribution is -0.137. The number of benzene rings is 1. The molecule has 0 aliphatic rings. The van der Waals surface area contributed by atoms with E-state index >= 15 is 0 Å². The van der Waals surface area contributed by atoms with Gasteiger partial charge in [-0.1, -0.05) is 36.8 Å². The summed E-state index contributed by atoms with van der Waals surface area (Å²) in [6, 6.07) is 9.90. The Labute approximate surface area is 148 Å². The lowest BCUT2D eigenvalue weighted by atomic mass is 10.1. The van der Waals surface area contributed by atoms with Crippen molar-refractivity contribution >= 4 is 11.6 Å². The minimum atomic E-state index is -4.49. The summed E-state index contributed by atoms with van der Waals surface area (Å²) in [5.41, 5.74) is 2.11. The van der Waals surface area contributed by atoms with Crippen molar-refractivity contribution in [1.82, 2.24) is 14.7 Å². The molecule has 0 bridgehead atoms. The second kappa shape index (κ2) is 6.82. The Bertz CT molecular complexity index is 943. The van der Waals surface area contributed by atoms with E-state index in [0.717, 1.165) is 23.4 Å². The zero-order valence-corrected chi connectivity index (χ0v) is 14.4. The number of amides is 1. The lowest BCUT2D eigenvalue weighted by Gasteiger charge is -2.10. The van der Waals surface area contributed by atoms with E-state index in [1.807, 2.05) is 38.1 Å². The summed E-state index contributed by atoms with van der Waals surface area (Å²) in [4.78, 5) is 16.9. The molecule has 2 aromatic heterocycles. The number of hydrogen-bond acceptors (Lipinski definition) is 2. The minimum Gasteiger partial charge on any atom is -0.347 e. The van der Waals surface area contributed by atoms with Crippen LogP contribution in [0.4, 0.5) is 13.2 Å². The second-order valence-electron chi connectivity index (χ2n) is 6.07. The van der Waals surface area contributed by atoms with Crippen LogP contribution in [-0.4, -0.2) is 15.3 Å². The molecule has 1 amide bonds. The second-order valence-corrected chi connectivity index (χ2v) is 6.07. The lowest BCUT2D eigenvalue weighted by Crippen LogP contribution is -2.25. The molecule has 2 heterocycles. The number of rotatable bonds is 4. The van der Waals surface area contributed by atoms with Crippen molar-refractivity contribution < 1.29 is 18.0 Å². The number of nitrogens with one attached hydrogen (secondary N) is 1. The topological polar surface area (TPSA) is 46.4 Å². The quantitative estimate of drug-likeness (QED) is 0.759. The largest absolute Gasteiger partial charge is 0.417 e. The summed E-state index contributed by atoms with van der Waals surface area (Å²) in [5.74, 6) is -0.450. The molecule has 0 unspecified atom stereocenters. The summed E-state index contributed by atoms with van der Waals surface area (Å²) >= 11 is 0. The van der Waals surface area contributed by atoms with Gasteiger partial charge in [0.15, 0.2) is 0 Å². The van der Waals surface area contributed by atoms with E-state index in [1.165, 1.54) is 10.5 Å². The van der Waals surface area contributed by atoms with Gasteiger partial charge in [-0.15, -0.1) is 0 Å². The van der Waals surface area contributed by atoms with Crippen molar-refractivity contribution in [3.63, 3.8) is 0 Å². The van der Waals surface area contributed by atoms with Gasteiger partial charge in [-0.05, 0) is 31.0 Å². The molecule has 1 N–H and O–H groups in total. The highest BCUT2D eigenvalue weighted by atomic mass is 19.4. The highest BCUT2D eigenvalue weighted by Crippen LogP contribution is 2.30. The number of carbonyl (C=O) groups is 1. The van der Waals surface area contributed by atoms with Gasteiger partial charge in [0.1, 0.15) is 11.3 Å². The minimum absolute atomic E-state index is 0.140. The molecule has 0 saturated carbocycles. The maximum absolute atomic E-state index is 13.0. The Kier molecular flexibility index (Phi) is 4.71. The number of halogens is 3. The fourth-order valence-electron chi connectivity index (χ4n) is 2.72. The molecule has 0 fully saturated rings. The zero-order valence-electron chi connectivity index (χ0n) is 14.4. The van der Waals surface area contributed by atoms with Gasteiger partial charge in [-0.2, -0.15) is 13.2 Å². The first kappa shape index (κ1) is 18.0. The highest BCUT2D eigenvalue weighted by molar-refractivity contribution is 5.94. The molecule has 7 heteroatoms. The molecule has 0 spiro atoms. The molecular formula is C19H18F3N3O. The third kappa shape index (κ3) is 3.56. The van der Waals surface area contributed by atoms with Crippen LogP contribution in [0.3, 0.4) is 0 Å². The third-order valence-electron chi connectivity index (χ3n) is 4.14. The monoisotopic (exact) mass is 361 g/mol. The van der Waals surface area contributed by atoms with Gasteiger partial charge in [0, 0.05) is 12.7 Å². The van der Waals surface area contributed by atoms with Crippen molar-refractivity contribution in [2.24, 2.45) is 0 Å². The zero-order chi connectivity index (χ0) is 18.9. The Morgan fingerprint density at radius 1 is 1.15 bits per heavy atom. The Morgan fingerprint density at radius 2 is 1.85 bits per heavy atom. The number of carbonyl (C=O) groups excluding carboxylic acids is 1. The summed E-state index contributed by atoms with van der Waals surface area (Å²) in [7, 11) is 0. The van der Waals surface area contributed by atoms with Crippen molar-refractivity contribution in [3.05, 3.63) is 70.7 Å². The normalized spacial score (nSPS) is 11.7. The van der Waals surface area contributed by atoms with Crippen molar-refractivity contribution in [3.8, 4) is 0 Å². The number of aryl methyl sites for hydroxylation is 2. The van der Waals surface area contributed by atoms with Crippen LogP contribution in [0.15, 0.2) is 42.6 Å². The maximum atomic E-state index is 13.0. The van der Waals surface area contributed by atoms with Crippen molar-refractivity contribution in [1.29, 1.82) is 0 Å². The maximum Gasteiger partial charge on any atom is 0.417 e. The van der Waals surface area contributed by atoms with Gasteiger partial charge in [0.25, 0.3) is 5.91 Å². The first-order valence-corrected chi connectivity index (χ1v) is 8.21. The highest BCUT2D eigenvalue weighted by Gasteiger charge is 2.31. The molecule has 0 radical (unpaired) electrons. The molecule has 0 atom stereocenters. The predicted octanol–water partition coefficient (Wildman–Crippen LogP) is 4.15. The molecule has 4 nitrogen and oxygen atoms in total. The Hall–Kier alpha value is -2.83. The number of pyridine rings is 1. The Balaban J connectivity index is 1.93. The molecule has 1 aromatic carbocycles. The van der Waals surface area contributed by atoms with E-state index in [9.17, 15) is 18.0 Å². The molecule has 136 valence electrons. The average molecular weight is 361 g/mol. The van der Waals surface area contributed by atoms with Gasteiger partial charge in [0.05, 0.1) is 11.3 Å². The van der Waals surface area contributed by atoms with Crippen LogP contribution in [0, 0.1) is 6.92 Å². The summed E-state index contributed by atoms with van der Waals surface area (Å²) in [6.07, 6.45) is -3.13. The number of aromatic nitrogens is 2. The van der Waals surface area contributed by atoms with E-state index in [4.69, 9.17) is 0 Å². The van der Waals surface area contributed by atoms with Crippen LogP contribution in [0.2, 0.25) is 0 Å². The molecule has 3 rings (SSSR count). The first-order chi connectivity index (χ1) is 12.3. The van der Waals surface area contributed by atoms with Crippen LogP contribution in [0.1, 0.15) is 39.8 Å². The van der Waals surface area contributed by atoms with Crippen molar-refractivity contribution in [2.45, 2.75) is 33.0 Å². The van der Waals surface area contributed by atoms with E-state index in [2.05, 4.69) is 10.3 Å². The fourth-order valence-corrected chi connectivity index (χ4v) is 2.72. The van der Waals surface area contributed by atoms with Gasteiger partial charge in [-0.3, -0.25) is 9.20 Å². The number of fused-ring (bicyclic) bond motifs is 1. The SMILES string of the molecule is CCc1nc2ccc(C(F)(F)F)cn2c1C(=O)NCc1ccc(C)cc1. The number of imidazole rings is 1. The molecule has 3 aromatic rings. The molecular weight excluding hydrogens is 343 g/mol. The fraction of sp³-hybridized carbons (Fsp3) is 0.263.